The van der Waals surface area contributed by atoms with Gasteiger partial charge >= 0.3 is 0 Å². The zero-order valence-corrected chi connectivity index (χ0v) is 22.8. The summed E-state index contributed by atoms with van der Waals surface area (Å²) in [6, 6.07) is 44.8. The van der Waals surface area contributed by atoms with Crippen LogP contribution in [0, 0.1) is 0 Å². The van der Waals surface area contributed by atoms with Gasteiger partial charge in [-0.1, -0.05) is 154 Å². The first kappa shape index (κ1) is 25.2. The second-order valence-corrected chi connectivity index (χ2v) is 11.7. The Balaban J connectivity index is 1.82. The highest BCUT2D eigenvalue weighted by molar-refractivity contribution is 7.80. The van der Waals surface area contributed by atoms with Crippen molar-refractivity contribution in [2.45, 2.75) is 39.5 Å². The number of rotatable bonds is 9. The molecule has 0 bridgehead atoms. The molecule has 0 saturated heterocycles. The fourth-order valence-corrected chi connectivity index (χ4v) is 7.68. The molecular weight excluding hydrogens is 463 g/mol. The van der Waals surface area contributed by atoms with Crippen LogP contribution in [0.3, 0.4) is 0 Å². The number of fused-ring (bicyclic) bond motifs is 1. The van der Waals surface area contributed by atoms with Crippen LogP contribution in [0.1, 0.15) is 45.1 Å². The van der Waals surface area contributed by atoms with Crippen molar-refractivity contribution in [1.29, 1.82) is 0 Å². The van der Waals surface area contributed by atoms with E-state index in [2.05, 4.69) is 141 Å². The van der Waals surface area contributed by atoms with E-state index in [1.165, 1.54) is 55.4 Å². The van der Waals surface area contributed by atoms with Gasteiger partial charge in [0.2, 0.25) is 0 Å². The summed E-state index contributed by atoms with van der Waals surface area (Å²) in [6.07, 6.45) is 7.00. The first-order chi connectivity index (χ1) is 18.3. The molecule has 0 N–H and O–H groups in total. The van der Waals surface area contributed by atoms with Crippen molar-refractivity contribution in [1.82, 2.24) is 0 Å². The van der Waals surface area contributed by atoms with Gasteiger partial charge in [-0.3, -0.25) is 0 Å². The lowest BCUT2D eigenvalue weighted by molar-refractivity contribution is 0.933. The minimum absolute atomic E-state index is 0.716. The number of allylic oxidation sites excluding steroid dienone is 2. The Bertz CT molecular complexity index is 1440. The summed E-state index contributed by atoms with van der Waals surface area (Å²) in [6.45, 7) is 4.56. The van der Waals surface area contributed by atoms with Crippen LogP contribution in [0.5, 0.6) is 0 Å². The molecule has 0 aliphatic heterocycles. The summed E-state index contributed by atoms with van der Waals surface area (Å²) in [5.74, 6) is 0. The van der Waals surface area contributed by atoms with E-state index in [1.54, 1.807) is 0 Å². The van der Waals surface area contributed by atoms with E-state index in [1.807, 2.05) is 0 Å². The third kappa shape index (κ3) is 5.46. The maximum atomic E-state index is 2.48. The minimum atomic E-state index is -0.716. The Labute approximate surface area is 223 Å². The molecule has 0 fully saturated rings. The van der Waals surface area contributed by atoms with Crippen LogP contribution in [0.25, 0.3) is 27.5 Å². The van der Waals surface area contributed by atoms with E-state index >= 15 is 0 Å². The van der Waals surface area contributed by atoms with Crippen molar-refractivity contribution < 1.29 is 0 Å². The summed E-state index contributed by atoms with van der Waals surface area (Å²) in [4.78, 5) is 0. The Morgan fingerprint density at radius 1 is 0.622 bits per heavy atom. The van der Waals surface area contributed by atoms with Gasteiger partial charge in [0, 0.05) is 0 Å². The highest BCUT2D eigenvalue weighted by Crippen LogP contribution is 2.42. The van der Waals surface area contributed by atoms with E-state index in [-0.39, 0.29) is 0 Å². The van der Waals surface area contributed by atoms with Crippen molar-refractivity contribution in [3.05, 3.63) is 133 Å². The van der Waals surface area contributed by atoms with Crippen molar-refractivity contribution in [2.75, 3.05) is 0 Å². The molecule has 0 nitrogen and oxygen atoms in total. The van der Waals surface area contributed by atoms with E-state index in [9.17, 15) is 0 Å². The summed E-state index contributed by atoms with van der Waals surface area (Å²) >= 11 is 0. The predicted molar refractivity (Wildman–Crippen MR) is 166 cm³/mol. The molecule has 0 spiro atoms. The van der Waals surface area contributed by atoms with Crippen LogP contribution >= 0.6 is 7.92 Å². The molecule has 0 unspecified atom stereocenters. The normalized spacial score (nSPS) is 11.8. The maximum absolute atomic E-state index is 2.48. The maximum Gasteiger partial charge on any atom is -0.00235 e. The number of unbranched alkanes of at least 4 members (excludes halogenated alkanes) is 1. The number of benzene rings is 5. The molecule has 0 aliphatic carbocycles. The van der Waals surface area contributed by atoms with Crippen molar-refractivity contribution in [3.8, 4) is 11.1 Å². The van der Waals surface area contributed by atoms with Crippen molar-refractivity contribution in [3.63, 3.8) is 0 Å². The molecule has 5 rings (SSSR count). The van der Waals surface area contributed by atoms with Gasteiger partial charge < -0.3 is 0 Å². The average Bonchev–Trinajstić information content (AvgIpc) is 2.96. The second-order valence-electron chi connectivity index (χ2n) is 9.50. The third-order valence-electron chi connectivity index (χ3n) is 6.92. The van der Waals surface area contributed by atoms with Gasteiger partial charge in [0.1, 0.15) is 0 Å². The van der Waals surface area contributed by atoms with Gasteiger partial charge in [0.05, 0.1) is 0 Å². The Morgan fingerprint density at radius 3 is 1.92 bits per heavy atom. The average molecular weight is 499 g/mol. The first-order valence-corrected chi connectivity index (χ1v) is 14.9. The van der Waals surface area contributed by atoms with Crippen LogP contribution in [-0.4, -0.2) is 0 Å². The smallest absolute Gasteiger partial charge is 0.00235 e. The van der Waals surface area contributed by atoms with Crippen LogP contribution in [0.2, 0.25) is 0 Å². The second kappa shape index (κ2) is 12.2. The number of hydrogen-bond acceptors (Lipinski definition) is 0. The lowest BCUT2D eigenvalue weighted by atomic mass is 9.87. The molecule has 0 amide bonds. The van der Waals surface area contributed by atoms with Crippen LogP contribution in [0.4, 0.5) is 0 Å². The highest BCUT2D eigenvalue weighted by Gasteiger charge is 2.23. The Morgan fingerprint density at radius 2 is 1.24 bits per heavy atom. The van der Waals surface area contributed by atoms with Gasteiger partial charge in [-0.05, 0) is 69.7 Å². The lowest BCUT2D eigenvalue weighted by Crippen LogP contribution is -2.22. The van der Waals surface area contributed by atoms with Gasteiger partial charge in [0.25, 0.3) is 0 Å². The first-order valence-electron chi connectivity index (χ1n) is 13.5. The van der Waals surface area contributed by atoms with Crippen LogP contribution in [-0.2, 0) is 0 Å². The molecule has 0 atom stereocenters. The van der Waals surface area contributed by atoms with E-state index in [0.717, 1.165) is 19.3 Å². The minimum Gasteiger partial charge on any atom is -0.0807 e. The fourth-order valence-electron chi connectivity index (χ4n) is 5.23. The largest absolute Gasteiger partial charge is 0.0807 e. The van der Waals surface area contributed by atoms with E-state index < -0.39 is 7.92 Å². The molecule has 184 valence electrons. The molecule has 37 heavy (non-hydrogen) atoms. The van der Waals surface area contributed by atoms with Crippen molar-refractivity contribution in [2.24, 2.45) is 0 Å². The van der Waals surface area contributed by atoms with Gasteiger partial charge in [-0.2, -0.15) is 0 Å². The summed E-state index contributed by atoms with van der Waals surface area (Å²) in [5.41, 5.74) is 5.59. The number of hydrogen-bond donors (Lipinski definition) is 0. The molecule has 1 heteroatoms. The summed E-state index contributed by atoms with van der Waals surface area (Å²) in [7, 11) is -0.716. The zero-order valence-electron chi connectivity index (χ0n) is 21.9. The molecule has 5 aromatic carbocycles. The van der Waals surface area contributed by atoms with E-state index in [0.29, 0.717) is 0 Å². The standard InChI is InChI=1S/C36H35P/c1-3-5-17-28(16-4-2)33-27-26-29-18-12-13-23-32(29)36(33)34-24-14-15-25-35(34)37(30-19-8-6-9-20-30)31-21-10-7-11-22-31/h6-15,17-27H,3-5,16H2,1-2H3. The molecule has 0 aliphatic rings. The quantitative estimate of drug-likeness (QED) is 0.178. The molecular formula is C36H35P. The van der Waals surface area contributed by atoms with Crippen LogP contribution < -0.4 is 15.9 Å². The molecule has 0 radical (unpaired) electrons. The predicted octanol–water partition coefficient (Wildman–Crippen LogP) is 9.25. The Kier molecular flexibility index (Phi) is 8.29. The van der Waals surface area contributed by atoms with Crippen LogP contribution in [0.15, 0.2) is 127 Å². The fraction of sp³-hybridized carbons (Fsp3) is 0.167. The third-order valence-corrected chi connectivity index (χ3v) is 9.42. The molecule has 0 heterocycles. The SMILES string of the molecule is CCCC=C(CCC)c1ccc2ccccc2c1-c1ccccc1P(c1ccccc1)c1ccccc1. The summed E-state index contributed by atoms with van der Waals surface area (Å²) in [5, 5.41) is 6.81. The monoisotopic (exact) mass is 498 g/mol. The topological polar surface area (TPSA) is 0 Å². The van der Waals surface area contributed by atoms with E-state index in [4.69, 9.17) is 0 Å². The summed E-state index contributed by atoms with van der Waals surface area (Å²) < 4.78 is 0. The molecule has 0 aromatic heterocycles. The van der Waals surface area contributed by atoms with Gasteiger partial charge in [-0.15, -0.1) is 0 Å². The molecule has 5 aromatic rings. The Hall–Kier alpha value is -3.47. The lowest BCUT2D eigenvalue weighted by Gasteiger charge is -2.25. The van der Waals surface area contributed by atoms with Gasteiger partial charge in [0.15, 0.2) is 0 Å². The zero-order chi connectivity index (χ0) is 25.5. The highest BCUT2D eigenvalue weighted by atomic mass is 31.1. The van der Waals surface area contributed by atoms with Gasteiger partial charge in [-0.25, -0.2) is 0 Å². The van der Waals surface area contributed by atoms with Crippen molar-refractivity contribution >= 4 is 40.2 Å². The molecule has 0 saturated carbocycles.